The number of benzene rings is 3. The minimum atomic E-state index is 0.542. The summed E-state index contributed by atoms with van der Waals surface area (Å²) in [6.07, 6.45) is 0. The second kappa shape index (κ2) is 8.40. The van der Waals surface area contributed by atoms with Gasteiger partial charge in [0.15, 0.2) is 11.5 Å². The zero-order chi connectivity index (χ0) is 22.1. The minimum absolute atomic E-state index is 0.542. The predicted octanol–water partition coefficient (Wildman–Crippen LogP) is 5.84. The topological polar surface area (TPSA) is 53.1 Å². The Morgan fingerprint density at radius 2 is 1.45 bits per heavy atom. The number of aromatic nitrogens is 1. The average Bonchev–Trinajstić information content (AvgIpc) is 2.80. The van der Waals surface area contributed by atoms with Crippen LogP contribution in [0.1, 0.15) is 0 Å². The van der Waals surface area contributed by atoms with E-state index in [1.54, 1.807) is 28.4 Å². The van der Waals surface area contributed by atoms with Crippen molar-refractivity contribution in [3.05, 3.63) is 53.6 Å². The first kappa shape index (κ1) is 20.9. The van der Waals surface area contributed by atoms with Gasteiger partial charge in [-0.25, -0.2) is 4.98 Å². The zero-order valence-corrected chi connectivity index (χ0v) is 18.8. The molecule has 0 spiro atoms. The Kier molecular flexibility index (Phi) is 5.65. The number of hydrogen-bond acceptors (Lipinski definition) is 6. The molecule has 0 radical (unpaired) electrons. The van der Waals surface area contributed by atoms with E-state index in [0.29, 0.717) is 22.3 Å². The monoisotopic (exact) mass is 438 g/mol. The van der Waals surface area contributed by atoms with Crippen LogP contribution in [0.25, 0.3) is 21.8 Å². The van der Waals surface area contributed by atoms with Gasteiger partial charge in [-0.2, -0.15) is 0 Å². The third-order valence-corrected chi connectivity index (χ3v) is 5.52. The molecule has 0 aliphatic heterocycles. The standard InChI is InChI=1S/C24H23ClN2O4/c1-27(15-11-21(29-3)24(31-5)22(12-15)30-4)23-17-8-6-14(25)10-20(17)26-19-9-7-16(28-2)13-18(19)23/h6-13H,1-5H3. The normalized spacial score (nSPS) is 10.9. The first-order valence-electron chi connectivity index (χ1n) is 9.61. The molecule has 6 nitrogen and oxygen atoms in total. The van der Waals surface area contributed by atoms with Crippen LogP contribution < -0.4 is 23.8 Å². The summed E-state index contributed by atoms with van der Waals surface area (Å²) >= 11 is 6.26. The van der Waals surface area contributed by atoms with E-state index in [0.717, 1.165) is 38.9 Å². The number of anilines is 2. The molecule has 160 valence electrons. The molecule has 0 aliphatic rings. The summed E-state index contributed by atoms with van der Waals surface area (Å²) in [7, 11) is 8.43. The van der Waals surface area contributed by atoms with Gasteiger partial charge < -0.3 is 23.8 Å². The van der Waals surface area contributed by atoms with Crippen LogP contribution in [0.5, 0.6) is 23.0 Å². The maximum absolute atomic E-state index is 6.26. The van der Waals surface area contributed by atoms with E-state index in [1.165, 1.54) is 0 Å². The summed E-state index contributed by atoms with van der Waals surface area (Å²) in [6, 6.07) is 15.4. The molecule has 0 bridgehead atoms. The molecule has 0 amide bonds. The fourth-order valence-electron chi connectivity index (χ4n) is 3.75. The summed E-state index contributed by atoms with van der Waals surface area (Å²) in [5, 5.41) is 2.54. The number of ether oxygens (including phenoxy) is 4. The van der Waals surface area contributed by atoms with Crippen LogP contribution in [0.3, 0.4) is 0 Å². The van der Waals surface area contributed by atoms with Gasteiger partial charge in [-0.15, -0.1) is 0 Å². The van der Waals surface area contributed by atoms with Crippen molar-refractivity contribution >= 4 is 44.8 Å². The van der Waals surface area contributed by atoms with Gasteiger partial charge in [0.25, 0.3) is 0 Å². The van der Waals surface area contributed by atoms with Gasteiger partial charge >= 0.3 is 0 Å². The molecule has 4 aromatic rings. The number of pyridine rings is 1. The number of halogens is 1. The van der Waals surface area contributed by atoms with E-state index in [2.05, 4.69) is 4.90 Å². The Balaban J connectivity index is 2.03. The largest absolute Gasteiger partial charge is 0.497 e. The molecule has 0 atom stereocenters. The number of hydrogen-bond donors (Lipinski definition) is 0. The first-order chi connectivity index (χ1) is 15.0. The second-order valence-corrected chi connectivity index (χ2v) is 7.38. The summed E-state index contributed by atoms with van der Waals surface area (Å²) in [6.45, 7) is 0. The smallest absolute Gasteiger partial charge is 0.203 e. The number of methoxy groups -OCH3 is 4. The predicted molar refractivity (Wildman–Crippen MR) is 125 cm³/mol. The molecule has 3 aromatic carbocycles. The van der Waals surface area contributed by atoms with Gasteiger partial charge in [-0.1, -0.05) is 11.6 Å². The molecule has 0 saturated carbocycles. The third kappa shape index (κ3) is 3.64. The molecule has 0 unspecified atom stereocenters. The fourth-order valence-corrected chi connectivity index (χ4v) is 3.92. The highest BCUT2D eigenvalue weighted by Crippen LogP contribution is 2.45. The number of nitrogens with zero attached hydrogens (tertiary/aromatic N) is 2. The lowest BCUT2D eigenvalue weighted by atomic mass is 10.1. The van der Waals surface area contributed by atoms with Crippen LogP contribution in [0.4, 0.5) is 11.4 Å². The van der Waals surface area contributed by atoms with Crippen LogP contribution in [-0.2, 0) is 0 Å². The third-order valence-electron chi connectivity index (χ3n) is 5.29. The molecular formula is C24H23ClN2O4. The Morgan fingerprint density at radius 3 is 2.06 bits per heavy atom. The van der Waals surface area contributed by atoms with Crippen LogP contribution >= 0.6 is 11.6 Å². The Bertz CT molecular complexity index is 1250. The van der Waals surface area contributed by atoms with Crippen molar-refractivity contribution in [1.82, 2.24) is 4.98 Å². The van der Waals surface area contributed by atoms with E-state index >= 15 is 0 Å². The molecule has 1 aromatic heterocycles. The Morgan fingerprint density at radius 1 is 0.742 bits per heavy atom. The highest BCUT2D eigenvalue weighted by atomic mass is 35.5. The Labute approximate surface area is 185 Å². The van der Waals surface area contributed by atoms with Crippen molar-refractivity contribution in [2.24, 2.45) is 0 Å². The van der Waals surface area contributed by atoms with Crippen molar-refractivity contribution in [2.45, 2.75) is 0 Å². The van der Waals surface area contributed by atoms with E-state index < -0.39 is 0 Å². The molecule has 0 saturated heterocycles. The first-order valence-corrected chi connectivity index (χ1v) is 9.99. The molecule has 0 N–H and O–H groups in total. The molecule has 4 rings (SSSR count). The SMILES string of the molecule is COc1ccc2nc3cc(Cl)ccc3c(N(C)c3cc(OC)c(OC)c(OC)c3)c2c1. The zero-order valence-electron chi connectivity index (χ0n) is 18.0. The highest BCUT2D eigenvalue weighted by molar-refractivity contribution is 6.31. The Hall–Kier alpha value is -3.38. The molecule has 1 heterocycles. The molecular weight excluding hydrogens is 416 g/mol. The van der Waals surface area contributed by atoms with Crippen molar-refractivity contribution in [3.8, 4) is 23.0 Å². The molecule has 31 heavy (non-hydrogen) atoms. The average molecular weight is 439 g/mol. The van der Waals surface area contributed by atoms with E-state index in [4.69, 9.17) is 35.5 Å². The van der Waals surface area contributed by atoms with Gasteiger partial charge in [-0.05, 0) is 36.4 Å². The minimum Gasteiger partial charge on any atom is -0.497 e. The maximum atomic E-state index is 6.26. The fraction of sp³-hybridized carbons (Fsp3) is 0.208. The van der Waals surface area contributed by atoms with Crippen LogP contribution in [0.15, 0.2) is 48.5 Å². The number of rotatable bonds is 6. The lowest BCUT2D eigenvalue weighted by molar-refractivity contribution is 0.324. The molecule has 0 aliphatic carbocycles. The van der Waals surface area contributed by atoms with Crippen LogP contribution in [-0.4, -0.2) is 40.5 Å². The second-order valence-electron chi connectivity index (χ2n) is 6.95. The molecule has 0 fully saturated rings. The van der Waals surface area contributed by atoms with Crippen molar-refractivity contribution in [3.63, 3.8) is 0 Å². The highest BCUT2D eigenvalue weighted by Gasteiger charge is 2.20. The van der Waals surface area contributed by atoms with Gasteiger partial charge in [0.1, 0.15) is 5.75 Å². The van der Waals surface area contributed by atoms with E-state index in [-0.39, 0.29) is 0 Å². The van der Waals surface area contributed by atoms with Crippen LogP contribution in [0.2, 0.25) is 5.02 Å². The van der Waals surface area contributed by atoms with E-state index in [9.17, 15) is 0 Å². The lowest BCUT2D eigenvalue weighted by Gasteiger charge is -2.25. The van der Waals surface area contributed by atoms with Gasteiger partial charge in [0.05, 0.1) is 45.2 Å². The van der Waals surface area contributed by atoms with Gasteiger partial charge in [0, 0.05) is 40.7 Å². The molecule has 7 heteroatoms. The van der Waals surface area contributed by atoms with Crippen molar-refractivity contribution < 1.29 is 18.9 Å². The summed E-state index contributed by atoms with van der Waals surface area (Å²) < 4.78 is 22.0. The number of fused-ring (bicyclic) bond motifs is 2. The summed E-state index contributed by atoms with van der Waals surface area (Å²) in [5.74, 6) is 2.45. The van der Waals surface area contributed by atoms with Gasteiger partial charge in [-0.3, -0.25) is 0 Å². The van der Waals surface area contributed by atoms with Crippen molar-refractivity contribution in [2.75, 3.05) is 40.4 Å². The van der Waals surface area contributed by atoms with Crippen molar-refractivity contribution in [1.29, 1.82) is 0 Å². The van der Waals surface area contributed by atoms with Gasteiger partial charge in [0.2, 0.25) is 5.75 Å². The van der Waals surface area contributed by atoms with E-state index in [1.807, 2.05) is 55.6 Å². The summed E-state index contributed by atoms with van der Waals surface area (Å²) in [4.78, 5) is 6.88. The quantitative estimate of drug-likeness (QED) is 0.352. The lowest BCUT2D eigenvalue weighted by Crippen LogP contribution is -2.12. The summed E-state index contributed by atoms with van der Waals surface area (Å²) in [5.41, 5.74) is 3.47. The van der Waals surface area contributed by atoms with Crippen LogP contribution in [0, 0.1) is 0 Å². The maximum Gasteiger partial charge on any atom is 0.203 e.